The second kappa shape index (κ2) is 7.38. The molecule has 0 aliphatic rings. The summed E-state index contributed by atoms with van der Waals surface area (Å²) in [5.74, 6) is 0.137. The van der Waals surface area contributed by atoms with Crippen molar-refractivity contribution in [3.8, 4) is 5.75 Å². The molecule has 0 radical (unpaired) electrons. The van der Waals surface area contributed by atoms with Gasteiger partial charge in [-0.1, -0.05) is 0 Å². The standard InChI is InChI=1S/C13H19N3O3/c1-3-15-12(17)8-19-11-6-4-10(5-7-11)16-13(18)9(2)14/h4-7,9H,3,8,14H2,1-2H3,(H,15,17)(H,16,18). The summed E-state index contributed by atoms with van der Waals surface area (Å²) in [6.45, 7) is 4.00. The number of nitrogens with two attached hydrogens (primary N) is 1. The summed E-state index contributed by atoms with van der Waals surface area (Å²) in [6, 6.07) is 6.17. The van der Waals surface area contributed by atoms with Gasteiger partial charge in [-0.3, -0.25) is 9.59 Å². The van der Waals surface area contributed by atoms with E-state index in [2.05, 4.69) is 10.6 Å². The minimum absolute atomic E-state index is 0.0284. The van der Waals surface area contributed by atoms with Crippen molar-refractivity contribution in [1.82, 2.24) is 5.32 Å². The summed E-state index contributed by atoms with van der Waals surface area (Å²) in [7, 11) is 0. The Balaban J connectivity index is 2.47. The Hall–Kier alpha value is -2.08. The lowest BCUT2D eigenvalue weighted by Crippen LogP contribution is -2.32. The Labute approximate surface area is 112 Å². The first-order valence-electron chi connectivity index (χ1n) is 6.09. The monoisotopic (exact) mass is 265 g/mol. The first kappa shape index (κ1) is 15.0. The van der Waals surface area contributed by atoms with Gasteiger partial charge in [0.2, 0.25) is 5.91 Å². The molecule has 0 fully saturated rings. The van der Waals surface area contributed by atoms with Crippen LogP contribution in [-0.2, 0) is 9.59 Å². The molecule has 0 aliphatic carbocycles. The molecule has 0 saturated heterocycles. The van der Waals surface area contributed by atoms with Crippen LogP contribution in [0.3, 0.4) is 0 Å². The van der Waals surface area contributed by atoms with Gasteiger partial charge < -0.3 is 21.1 Å². The average Bonchev–Trinajstić information content (AvgIpc) is 2.38. The van der Waals surface area contributed by atoms with Crippen LogP contribution >= 0.6 is 0 Å². The SMILES string of the molecule is CCNC(=O)COc1ccc(NC(=O)C(C)N)cc1. The number of benzene rings is 1. The zero-order chi connectivity index (χ0) is 14.3. The molecule has 0 bridgehead atoms. The van der Waals surface area contributed by atoms with E-state index in [4.69, 9.17) is 10.5 Å². The maximum atomic E-state index is 11.4. The number of anilines is 1. The normalized spacial score (nSPS) is 11.5. The van der Waals surface area contributed by atoms with E-state index in [1.807, 2.05) is 6.92 Å². The van der Waals surface area contributed by atoms with E-state index in [1.54, 1.807) is 31.2 Å². The van der Waals surface area contributed by atoms with Crippen LogP contribution in [0.5, 0.6) is 5.75 Å². The van der Waals surface area contributed by atoms with Gasteiger partial charge in [0, 0.05) is 12.2 Å². The fourth-order valence-electron chi connectivity index (χ4n) is 1.29. The molecule has 1 aromatic carbocycles. The second-order valence-corrected chi connectivity index (χ2v) is 4.04. The topological polar surface area (TPSA) is 93.5 Å². The number of likely N-dealkylation sites (N-methyl/N-ethyl adjacent to an activating group) is 1. The van der Waals surface area contributed by atoms with Gasteiger partial charge in [-0.15, -0.1) is 0 Å². The van der Waals surface area contributed by atoms with Crippen LogP contribution in [0, 0.1) is 0 Å². The molecular formula is C13H19N3O3. The molecule has 1 unspecified atom stereocenters. The molecule has 19 heavy (non-hydrogen) atoms. The Kier molecular flexibility index (Phi) is 5.81. The molecule has 0 spiro atoms. The molecule has 4 N–H and O–H groups in total. The van der Waals surface area contributed by atoms with Crippen LogP contribution in [0.2, 0.25) is 0 Å². The highest BCUT2D eigenvalue weighted by molar-refractivity contribution is 5.94. The van der Waals surface area contributed by atoms with Gasteiger partial charge in [-0.05, 0) is 38.1 Å². The molecule has 104 valence electrons. The predicted molar refractivity (Wildman–Crippen MR) is 72.9 cm³/mol. The molecule has 1 aromatic rings. The van der Waals surface area contributed by atoms with Crippen molar-refractivity contribution in [2.24, 2.45) is 5.73 Å². The zero-order valence-electron chi connectivity index (χ0n) is 11.1. The number of hydrogen-bond donors (Lipinski definition) is 3. The van der Waals surface area contributed by atoms with Gasteiger partial charge in [0.15, 0.2) is 6.61 Å². The largest absolute Gasteiger partial charge is 0.484 e. The highest BCUT2D eigenvalue weighted by Crippen LogP contribution is 2.15. The summed E-state index contributed by atoms with van der Waals surface area (Å²) in [5.41, 5.74) is 6.07. The first-order chi connectivity index (χ1) is 9.02. The van der Waals surface area contributed by atoms with Gasteiger partial charge in [-0.2, -0.15) is 0 Å². The van der Waals surface area contributed by atoms with E-state index in [0.717, 1.165) is 0 Å². The minimum Gasteiger partial charge on any atom is -0.484 e. The van der Waals surface area contributed by atoms with Crippen molar-refractivity contribution in [3.05, 3.63) is 24.3 Å². The smallest absolute Gasteiger partial charge is 0.257 e. The van der Waals surface area contributed by atoms with E-state index in [-0.39, 0.29) is 18.4 Å². The van der Waals surface area contributed by atoms with E-state index < -0.39 is 6.04 Å². The molecule has 1 rings (SSSR count). The number of hydrogen-bond acceptors (Lipinski definition) is 4. The minimum atomic E-state index is -0.561. The van der Waals surface area contributed by atoms with Gasteiger partial charge in [-0.25, -0.2) is 0 Å². The molecule has 0 aromatic heterocycles. The van der Waals surface area contributed by atoms with Crippen LogP contribution in [0.15, 0.2) is 24.3 Å². The van der Waals surface area contributed by atoms with Crippen LogP contribution in [0.1, 0.15) is 13.8 Å². The molecule has 0 aliphatic heterocycles. The zero-order valence-corrected chi connectivity index (χ0v) is 11.1. The third-order valence-electron chi connectivity index (χ3n) is 2.28. The number of carbonyl (C=O) groups excluding carboxylic acids is 2. The highest BCUT2D eigenvalue weighted by atomic mass is 16.5. The lowest BCUT2D eigenvalue weighted by Gasteiger charge is -2.09. The number of ether oxygens (including phenoxy) is 1. The maximum absolute atomic E-state index is 11.4. The lowest BCUT2D eigenvalue weighted by atomic mass is 10.2. The highest BCUT2D eigenvalue weighted by Gasteiger charge is 2.07. The quantitative estimate of drug-likeness (QED) is 0.697. The number of amides is 2. The lowest BCUT2D eigenvalue weighted by molar-refractivity contribution is -0.123. The summed E-state index contributed by atoms with van der Waals surface area (Å²) < 4.78 is 5.28. The van der Waals surface area contributed by atoms with Gasteiger partial charge in [0.25, 0.3) is 5.91 Å². The molecule has 2 amide bonds. The fourth-order valence-corrected chi connectivity index (χ4v) is 1.29. The van der Waals surface area contributed by atoms with Crippen LogP contribution in [0.25, 0.3) is 0 Å². The summed E-state index contributed by atoms with van der Waals surface area (Å²) in [4.78, 5) is 22.6. The van der Waals surface area contributed by atoms with Crippen molar-refractivity contribution in [3.63, 3.8) is 0 Å². The van der Waals surface area contributed by atoms with Crippen molar-refractivity contribution in [1.29, 1.82) is 0 Å². The van der Waals surface area contributed by atoms with E-state index in [1.165, 1.54) is 0 Å². The molecule has 6 heteroatoms. The maximum Gasteiger partial charge on any atom is 0.257 e. The average molecular weight is 265 g/mol. The summed E-state index contributed by atoms with van der Waals surface area (Å²) in [6.07, 6.45) is 0. The predicted octanol–water partition coefficient (Wildman–Crippen LogP) is 0.487. The van der Waals surface area contributed by atoms with Crippen LogP contribution in [0.4, 0.5) is 5.69 Å². The van der Waals surface area contributed by atoms with Crippen molar-refractivity contribution in [2.75, 3.05) is 18.5 Å². The molecule has 0 saturated carbocycles. The Morgan fingerprint density at radius 3 is 2.47 bits per heavy atom. The molecule has 6 nitrogen and oxygen atoms in total. The van der Waals surface area contributed by atoms with E-state index >= 15 is 0 Å². The van der Waals surface area contributed by atoms with Gasteiger partial charge in [0.05, 0.1) is 6.04 Å². The van der Waals surface area contributed by atoms with Gasteiger partial charge >= 0.3 is 0 Å². The Morgan fingerprint density at radius 1 is 1.32 bits per heavy atom. The van der Waals surface area contributed by atoms with Crippen molar-refractivity contribution in [2.45, 2.75) is 19.9 Å². The Morgan fingerprint density at radius 2 is 1.95 bits per heavy atom. The second-order valence-electron chi connectivity index (χ2n) is 4.04. The number of nitrogens with one attached hydrogen (secondary N) is 2. The number of carbonyl (C=O) groups is 2. The third-order valence-corrected chi connectivity index (χ3v) is 2.28. The summed E-state index contributed by atoms with van der Waals surface area (Å²) >= 11 is 0. The molecule has 0 heterocycles. The summed E-state index contributed by atoms with van der Waals surface area (Å²) in [5, 5.41) is 5.29. The van der Waals surface area contributed by atoms with Crippen LogP contribution in [-0.4, -0.2) is 31.0 Å². The van der Waals surface area contributed by atoms with E-state index in [9.17, 15) is 9.59 Å². The fraction of sp³-hybridized carbons (Fsp3) is 0.385. The first-order valence-corrected chi connectivity index (χ1v) is 6.09. The van der Waals surface area contributed by atoms with Crippen molar-refractivity contribution >= 4 is 17.5 Å². The third kappa shape index (κ3) is 5.39. The Bertz CT molecular complexity index is 429. The number of rotatable bonds is 6. The molecule has 1 atom stereocenters. The van der Waals surface area contributed by atoms with Gasteiger partial charge in [0.1, 0.15) is 5.75 Å². The van der Waals surface area contributed by atoms with Crippen molar-refractivity contribution < 1.29 is 14.3 Å². The van der Waals surface area contributed by atoms with Crippen LogP contribution < -0.4 is 21.1 Å². The van der Waals surface area contributed by atoms with E-state index in [0.29, 0.717) is 18.0 Å². The molecular weight excluding hydrogens is 246 g/mol.